The van der Waals surface area contributed by atoms with Gasteiger partial charge < -0.3 is 10.2 Å². The Morgan fingerprint density at radius 2 is 1.43 bits per heavy atom. The zero-order valence-corrected chi connectivity index (χ0v) is 14.5. The lowest BCUT2D eigenvalue weighted by atomic mass is 9.76. The third-order valence-corrected chi connectivity index (χ3v) is 6.26. The van der Waals surface area contributed by atoms with Gasteiger partial charge in [-0.3, -0.25) is 0 Å². The Labute approximate surface area is 132 Å². The fourth-order valence-electron chi connectivity index (χ4n) is 4.54. The maximum atomic E-state index is 4.02. The van der Waals surface area contributed by atoms with Crippen LogP contribution in [0.5, 0.6) is 0 Å². The van der Waals surface area contributed by atoms with E-state index in [0.717, 1.165) is 24.0 Å². The van der Waals surface area contributed by atoms with E-state index in [2.05, 4.69) is 31.0 Å². The van der Waals surface area contributed by atoms with E-state index in [1.807, 2.05) is 0 Å². The van der Waals surface area contributed by atoms with Crippen molar-refractivity contribution in [1.29, 1.82) is 0 Å². The maximum absolute atomic E-state index is 4.02. The third kappa shape index (κ3) is 4.45. The van der Waals surface area contributed by atoms with Gasteiger partial charge in [0.1, 0.15) is 0 Å². The van der Waals surface area contributed by atoms with E-state index >= 15 is 0 Å². The summed E-state index contributed by atoms with van der Waals surface area (Å²) >= 11 is 0. The molecular weight excluding hydrogens is 256 g/mol. The van der Waals surface area contributed by atoms with Crippen molar-refractivity contribution in [1.82, 2.24) is 10.2 Å². The van der Waals surface area contributed by atoms with Crippen LogP contribution in [0, 0.1) is 11.3 Å². The second-order valence-corrected chi connectivity index (χ2v) is 8.98. The summed E-state index contributed by atoms with van der Waals surface area (Å²) < 4.78 is 0. The summed E-state index contributed by atoms with van der Waals surface area (Å²) in [4.78, 5) is 2.74. The summed E-state index contributed by atoms with van der Waals surface area (Å²) in [6, 6.07) is 2.57. The Morgan fingerprint density at radius 3 is 2.05 bits per heavy atom. The number of nitrogens with zero attached hydrogens (tertiary/aromatic N) is 1. The van der Waals surface area contributed by atoms with Crippen LogP contribution in [0.1, 0.15) is 78.6 Å². The van der Waals surface area contributed by atoms with Crippen LogP contribution in [0.15, 0.2) is 0 Å². The molecule has 0 amide bonds. The summed E-state index contributed by atoms with van der Waals surface area (Å²) in [5, 5.41) is 4.02. The van der Waals surface area contributed by atoms with E-state index in [1.54, 1.807) is 0 Å². The fourth-order valence-corrected chi connectivity index (χ4v) is 4.54. The molecule has 1 saturated heterocycles. The summed E-state index contributed by atoms with van der Waals surface area (Å²) in [5.41, 5.74) is 0.504. The van der Waals surface area contributed by atoms with Crippen LogP contribution in [0.2, 0.25) is 0 Å². The van der Waals surface area contributed by atoms with Crippen LogP contribution < -0.4 is 5.32 Å². The molecule has 1 aliphatic heterocycles. The number of hydrogen-bond acceptors (Lipinski definition) is 2. The second kappa shape index (κ2) is 6.58. The van der Waals surface area contributed by atoms with Gasteiger partial charge in [-0.25, -0.2) is 0 Å². The normalized spacial score (nSPS) is 33.9. The van der Waals surface area contributed by atoms with E-state index in [-0.39, 0.29) is 0 Å². The lowest BCUT2D eigenvalue weighted by Crippen LogP contribution is -2.46. The molecule has 2 atom stereocenters. The Balaban J connectivity index is 1.41. The molecule has 2 unspecified atom stereocenters. The molecule has 0 bridgehead atoms. The first-order valence-electron chi connectivity index (χ1n) is 9.52. The van der Waals surface area contributed by atoms with Crippen LogP contribution in [0.3, 0.4) is 0 Å². The number of likely N-dealkylation sites (tertiary alicyclic amines) is 1. The zero-order valence-electron chi connectivity index (χ0n) is 14.5. The van der Waals surface area contributed by atoms with Gasteiger partial charge in [-0.2, -0.15) is 0 Å². The highest BCUT2D eigenvalue weighted by Gasteiger charge is 2.33. The van der Waals surface area contributed by atoms with Crippen LogP contribution in [-0.2, 0) is 0 Å². The second-order valence-electron chi connectivity index (χ2n) is 8.98. The maximum Gasteiger partial charge on any atom is 0.00964 e. The van der Waals surface area contributed by atoms with Crippen molar-refractivity contribution >= 4 is 0 Å². The van der Waals surface area contributed by atoms with E-state index < -0.39 is 0 Å². The van der Waals surface area contributed by atoms with Gasteiger partial charge in [-0.1, -0.05) is 27.2 Å². The molecule has 122 valence electrons. The van der Waals surface area contributed by atoms with Crippen molar-refractivity contribution < 1.29 is 0 Å². The molecule has 3 aliphatic rings. The van der Waals surface area contributed by atoms with Crippen LogP contribution in [0.25, 0.3) is 0 Å². The minimum absolute atomic E-state index is 0.504. The SMILES string of the molecule is CC(C)(C)C1CCCC(NC2CCN(C3CC3)CC2)CC1. The average molecular weight is 293 g/mol. The van der Waals surface area contributed by atoms with Crippen LogP contribution in [-0.4, -0.2) is 36.1 Å². The Bertz CT molecular complexity index is 321. The van der Waals surface area contributed by atoms with Gasteiger partial charge in [0.25, 0.3) is 0 Å². The van der Waals surface area contributed by atoms with Crippen molar-refractivity contribution in [3.05, 3.63) is 0 Å². The minimum Gasteiger partial charge on any atom is -0.311 e. The van der Waals surface area contributed by atoms with Crippen molar-refractivity contribution in [3.8, 4) is 0 Å². The molecule has 2 saturated carbocycles. The lowest BCUT2D eigenvalue weighted by molar-refractivity contribution is 0.179. The lowest BCUT2D eigenvalue weighted by Gasteiger charge is -2.34. The highest BCUT2D eigenvalue weighted by Crippen LogP contribution is 2.37. The fraction of sp³-hybridized carbons (Fsp3) is 1.00. The van der Waals surface area contributed by atoms with E-state index in [4.69, 9.17) is 0 Å². The molecule has 0 aromatic heterocycles. The summed E-state index contributed by atoms with van der Waals surface area (Å²) in [5.74, 6) is 0.931. The molecule has 0 radical (unpaired) electrons. The first-order valence-corrected chi connectivity index (χ1v) is 9.52. The first kappa shape index (κ1) is 15.8. The average Bonchev–Trinajstić information content (AvgIpc) is 3.25. The molecule has 0 spiro atoms. The van der Waals surface area contributed by atoms with E-state index in [9.17, 15) is 0 Å². The zero-order chi connectivity index (χ0) is 14.9. The standard InChI is InChI=1S/C19H36N2/c1-19(2,3)15-5-4-6-16(8-7-15)20-17-11-13-21(14-12-17)18-9-10-18/h15-18,20H,4-14H2,1-3H3. The van der Waals surface area contributed by atoms with Gasteiger partial charge in [-0.15, -0.1) is 0 Å². The van der Waals surface area contributed by atoms with Gasteiger partial charge in [0, 0.05) is 18.1 Å². The number of nitrogens with one attached hydrogen (secondary N) is 1. The molecule has 21 heavy (non-hydrogen) atoms. The molecule has 0 aromatic rings. The highest BCUT2D eigenvalue weighted by atomic mass is 15.2. The molecule has 2 nitrogen and oxygen atoms in total. The van der Waals surface area contributed by atoms with E-state index in [0.29, 0.717) is 5.41 Å². The number of rotatable bonds is 3. The van der Waals surface area contributed by atoms with Crippen molar-refractivity contribution in [2.75, 3.05) is 13.1 Å². The molecule has 1 N–H and O–H groups in total. The van der Waals surface area contributed by atoms with Gasteiger partial charge >= 0.3 is 0 Å². The van der Waals surface area contributed by atoms with Gasteiger partial charge in [0.15, 0.2) is 0 Å². The quantitative estimate of drug-likeness (QED) is 0.784. The molecular formula is C19H36N2. The monoisotopic (exact) mass is 292 g/mol. The predicted molar refractivity (Wildman–Crippen MR) is 90.6 cm³/mol. The predicted octanol–water partition coefficient (Wildman–Crippen LogP) is 4.20. The largest absolute Gasteiger partial charge is 0.311 e. The molecule has 2 heteroatoms. The first-order chi connectivity index (χ1) is 10.0. The molecule has 3 rings (SSSR count). The minimum atomic E-state index is 0.504. The Hall–Kier alpha value is -0.0800. The summed E-state index contributed by atoms with van der Waals surface area (Å²) in [6.45, 7) is 9.98. The van der Waals surface area contributed by atoms with Crippen molar-refractivity contribution in [2.24, 2.45) is 11.3 Å². The highest BCUT2D eigenvalue weighted by molar-refractivity contribution is 4.90. The van der Waals surface area contributed by atoms with Crippen LogP contribution in [0.4, 0.5) is 0 Å². The van der Waals surface area contributed by atoms with Gasteiger partial charge in [0.05, 0.1) is 0 Å². The van der Waals surface area contributed by atoms with Crippen molar-refractivity contribution in [3.63, 3.8) is 0 Å². The smallest absolute Gasteiger partial charge is 0.00964 e. The summed E-state index contributed by atoms with van der Waals surface area (Å²) in [7, 11) is 0. The molecule has 2 aliphatic carbocycles. The summed E-state index contributed by atoms with van der Waals surface area (Å²) in [6.07, 6.45) is 12.8. The van der Waals surface area contributed by atoms with Gasteiger partial charge in [-0.05, 0) is 75.8 Å². The molecule has 0 aromatic carbocycles. The van der Waals surface area contributed by atoms with Crippen molar-refractivity contribution in [2.45, 2.75) is 96.7 Å². The molecule has 1 heterocycles. The molecule has 3 fully saturated rings. The topological polar surface area (TPSA) is 15.3 Å². The van der Waals surface area contributed by atoms with E-state index in [1.165, 1.54) is 70.9 Å². The Morgan fingerprint density at radius 1 is 0.762 bits per heavy atom. The third-order valence-electron chi connectivity index (χ3n) is 6.26. The Kier molecular flexibility index (Phi) is 4.95. The van der Waals surface area contributed by atoms with Gasteiger partial charge in [0.2, 0.25) is 0 Å². The number of hydrogen-bond donors (Lipinski definition) is 1. The number of piperidine rings is 1. The van der Waals surface area contributed by atoms with Crippen LogP contribution >= 0.6 is 0 Å².